The number of hydrogen-bond acceptors (Lipinski definition) is 3. The van der Waals surface area contributed by atoms with Crippen LogP contribution in [0.4, 0.5) is 5.82 Å². The van der Waals surface area contributed by atoms with Crippen LogP contribution in [-0.4, -0.2) is 18.1 Å². The van der Waals surface area contributed by atoms with Crippen LogP contribution < -0.4 is 10.6 Å². The van der Waals surface area contributed by atoms with Gasteiger partial charge in [-0.2, -0.15) is 0 Å². The van der Waals surface area contributed by atoms with Crippen molar-refractivity contribution in [2.45, 2.75) is 32.7 Å². The number of anilines is 1. The molecule has 1 unspecified atom stereocenters. The van der Waals surface area contributed by atoms with Crippen LogP contribution in [-0.2, 0) is 6.54 Å². The lowest BCUT2D eigenvalue weighted by Gasteiger charge is -2.21. The van der Waals surface area contributed by atoms with Gasteiger partial charge in [-0.1, -0.05) is 13.0 Å². The highest BCUT2D eigenvalue weighted by molar-refractivity contribution is 5.39. The minimum absolute atomic E-state index is 0.574. The van der Waals surface area contributed by atoms with Crippen LogP contribution in [0.15, 0.2) is 18.3 Å². The van der Waals surface area contributed by atoms with Gasteiger partial charge in [-0.3, -0.25) is 0 Å². The predicted molar refractivity (Wildman–Crippen MR) is 67.4 cm³/mol. The maximum atomic E-state index is 5.57. The third-order valence-electron chi connectivity index (χ3n) is 3.39. The molecule has 2 N–H and O–H groups in total. The van der Waals surface area contributed by atoms with Crippen molar-refractivity contribution >= 4 is 5.82 Å². The SMILES string of the molecule is CC1CCCN(c2ccc(CN)cn2)CC1. The zero-order valence-electron chi connectivity index (χ0n) is 10.0. The smallest absolute Gasteiger partial charge is 0.128 e. The Hall–Kier alpha value is -1.09. The van der Waals surface area contributed by atoms with Gasteiger partial charge in [0, 0.05) is 25.8 Å². The molecule has 1 fully saturated rings. The van der Waals surface area contributed by atoms with Gasteiger partial charge in [-0.05, 0) is 36.8 Å². The van der Waals surface area contributed by atoms with Crippen LogP contribution >= 0.6 is 0 Å². The Morgan fingerprint density at radius 3 is 2.94 bits per heavy atom. The van der Waals surface area contributed by atoms with Gasteiger partial charge in [0.2, 0.25) is 0 Å². The molecular weight excluding hydrogens is 198 g/mol. The maximum absolute atomic E-state index is 5.57. The molecule has 2 heterocycles. The molecule has 1 aromatic heterocycles. The molecule has 0 saturated carbocycles. The lowest BCUT2D eigenvalue weighted by molar-refractivity contribution is 0.521. The predicted octanol–water partition coefficient (Wildman–Crippen LogP) is 2.17. The summed E-state index contributed by atoms with van der Waals surface area (Å²) in [4.78, 5) is 6.88. The van der Waals surface area contributed by atoms with Crippen LogP contribution in [0, 0.1) is 5.92 Å². The Morgan fingerprint density at radius 2 is 2.25 bits per heavy atom. The molecule has 0 spiro atoms. The van der Waals surface area contributed by atoms with Gasteiger partial charge in [0.05, 0.1) is 0 Å². The summed E-state index contributed by atoms with van der Waals surface area (Å²) < 4.78 is 0. The van der Waals surface area contributed by atoms with Crippen molar-refractivity contribution in [3.63, 3.8) is 0 Å². The summed E-state index contributed by atoms with van der Waals surface area (Å²) in [6, 6.07) is 4.18. The molecule has 0 aliphatic carbocycles. The summed E-state index contributed by atoms with van der Waals surface area (Å²) in [6.45, 7) is 5.19. The second kappa shape index (κ2) is 5.30. The molecule has 1 aliphatic rings. The van der Waals surface area contributed by atoms with Crippen LogP contribution in [0.5, 0.6) is 0 Å². The van der Waals surface area contributed by atoms with E-state index in [1.165, 1.54) is 19.3 Å². The average molecular weight is 219 g/mol. The summed E-state index contributed by atoms with van der Waals surface area (Å²) >= 11 is 0. The van der Waals surface area contributed by atoms with E-state index in [9.17, 15) is 0 Å². The quantitative estimate of drug-likeness (QED) is 0.829. The van der Waals surface area contributed by atoms with E-state index in [1.54, 1.807) is 0 Å². The average Bonchev–Trinajstić information content (AvgIpc) is 2.54. The summed E-state index contributed by atoms with van der Waals surface area (Å²) in [7, 11) is 0. The Bertz CT molecular complexity index is 320. The van der Waals surface area contributed by atoms with Gasteiger partial charge in [0.15, 0.2) is 0 Å². The molecule has 0 amide bonds. The van der Waals surface area contributed by atoms with E-state index in [-0.39, 0.29) is 0 Å². The Labute approximate surface area is 97.7 Å². The molecule has 3 nitrogen and oxygen atoms in total. The van der Waals surface area contributed by atoms with Crippen molar-refractivity contribution < 1.29 is 0 Å². The summed E-state index contributed by atoms with van der Waals surface area (Å²) in [6.07, 6.45) is 5.79. The molecule has 1 aromatic rings. The van der Waals surface area contributed by atoms with E-state index in [4.69, 9.17) is 5.73 Å². The Morgan fingerprint density at radius 1 is 1.38 bits per heavy atom. The second-order valence-electron chi connectivity index (χ2n) is 4.75. The van der Waals surface area contributed by atoms with Crippen molar-refractivity contribution in [2.24, 2.45) is 11.7 Å². The maximum Gasteiger partial charge on any atom is 0.128 e. The topological polar surface area (TPSA) is 42.1 Å². The van der Waals surface area contributed by atoms with Gasteiger partial charge >= 0.3 is 0 Å². The summed E-state index contributed by atoms with van der Waals surface area (Å²) in [5.74, 6) is 1.96. The first-order valence-electron chi connectivity index (χ1n) is 6.19. The Balaban J connectivity index is 2.04. The van der Waals surface area contributed by atoms with E-state index in [2.05, 4.69) is 28.9 Å². The molecule has 1 saturated heterocycles. The van der Waals surface area contributed by atoms with E-state index in [1.807, 2.05) is 6.20 Å². The monoisotopic (exact) mass is 219 g/mol. The third-order valence-corrected chi connectivity index (χ3v) is 3.39. The first kappa shape index (κ1) is 11.4. The van der Waals surface area contributed by atoms with Crippen LogP contribution in [0.2, 0.25) is 0 Å². The molecule has 0 radical (unpaired) electrons. The van der Waals surface area contributed by atoms with Crippen molar-refractivity contribution in [2.75, 3.05) is 18.0 Å². The number of rotatable bonds is 2. The standard InChI is InChI=1S/C13H21N3/c1-11-3-2-7-16(8-6-11)13-5-4-12(9-14)10-15-13/h4-5,10-11H,2-3,6-9,14H2,1H3. The second-order valence-corrected chi connectivity index (χ2v) is 4.75. The summed E-state index contributed by atoms with van der Waals surface area (Å²) in [5.41, 5.74) is 6.67. The van der Waals surface area contributed by atoms with Gasteiger partial charge in [-0.15, -0.1) is 0 Å². The lowest BCUT2D eigenvalue weighted by atomic mass is 10.0. The first-order valence-corrected chi connectivity index (χ1v) is 6.19. The molecule has 0 bridgehead atoms. The molecule has 16 heavy (non-hydrogen) atoms. The van der Waals surface area contributed by atoms with E-state index >= 15 is 0 Å². The molecular formula is C13H21N3. The van der Waals surface area contributed by atoms with E-state index < -0.39 is 0 Å². The number of nitrogens with zero attached hydrogens (tertiary/aromatic N) is 2. The number of nitrogens with two attached hydrogens (primary N) is 1. The minimum atomic E-state index is 0.574. The third kappa shape index (κ3) is 2.73. The van der Waals surface area contributed by atoms with Crippen molar-refractivity contribution in [1.29, 1.82) is 0 Å². The molecule has 0 aromatic carbocycles. The Kier molecular flexibility index (Phi) is 3.78. The van der Waals surface area contributed by atoms with Crippen molar-refractivity contribution in [3.05, 3.63) is 23.9 Å². The molecule has 88 valence electrons. The van der Waals surface area contributed by atoms with Crippen LogP contribution in [0.3, 0.4) is 0 Å². The number of aromatic nitrogens is 1. The fourth-order valence-corrected chi connectivity index (χ4v) is 2.22. The largest absolute Gasteiger partial charge is 0.357 e. The normalized spacial score (nSPS) is 21.9. The van der Waals surface area contributed by atoms with Crippen molar-refractivity contribution in [1.82, 2.24) is 4.98 Å². The lowest BCUT2D eigenvalue weighted by Crippen LogP contribution is -2.25. The molecule has 2 rings (SSSR count). The number of hydrogen-bond donors (Lipinski definition) is 1. The highest BCUT2D eigenvalue weighted by Gasteiger charge is 2.14. The first-order chi connectivity index (χ1) is 7.79. The molecule has 1 aliphatic heterocycles. The van der Waals surface area contributed by atoms with Crippen molar-refractivity contribution in [3.8, 4) is 0 Å². The fourth-order valence-electron chi connectivity index (χ4n) is 2.22. The van der Waals surface area contributed by atoms with Crippen LogP contribution in [0.25, 0.3) is 0 Å². The highest BCUT2D eigenvalue weighted by atomic mass is 15.2. The molecule has 3 heteroatoms. The van der Waals surface area contributed by atoms with Gasteiger partial charge < -0.3 is 10.6 Å². The van der Waals surface area contributed by atoms with Gasteiger partial charge in [0.1, 0.15) is 5.82 Å². The van der Waals surface area contributed by atoms with Gasteiger partial charge in [-0.25, -0.2) is 4.98 Å². The van der Waals surface area contributed by atoms with Gasteiger partial charge in [0.25, 0.3) is 0 Å². The van der Waals surface area contributed by atoms with E-state index in [0.29, 0.717) is 6.54 Å². The van der Waals surface area contributed by atoms with E-state index in [0.717, 1.165) is 30.4 Å². The minimum Gasteiger partial charge on any atom is -0.357 e. The van der Waals surface area contributed by atoms with Crippen LogP contribution in [0.1, 0.15) is 31.7 Å². The zero-order chi connectivity index (χ0) is 11.4. The molecule has 1 atom stereocenters. The highest BCUT2D eigenvalue weighted by Crippen LogP contribution is 2.20. The number of pyridine rings is 1. The fraction of sp³-hybridized carbons (Fsp3) is 0.615. The zero-order valence-corrected chi connectivity index (χ0v) is 10.0. The summed E-state index contributed by atoms with van der Waals surface area (Å²) in [5, 5.41) is 0.